The van der Waals surface area contributed by atoms with E-state index in [1.807, 2.05) is 12.1 Å². The first-order valence-electron chi connectivity index (χ1n) is 5.95. The van der Waals surface area contributed by atoms with Crippen molar-refractivity contribution in [3.8, 4) is 0 Å². The highest BCUT2D eigenvalue weighted by molar-refractivity contribution is 6.30. The van der Waals surface area contributed by atoms with Crippen LogP contribution in [0.3, 0.4) is 0 Å². The molecule has 0 spiro atoms. The van der Waals surface area contributed by atoms with Gasteiger partial charge in [-0.05, 0) is 42.5 Å². The second kappa shape index (κ2) is 3.91. The maximum Gasteiger partial charge on any atom is 0.311 e. The number of aliphatic carboxylic acids is 1. The Kier molecular flexibility index (Phi) is 2.51. The molecule has 0 bridgehead atoms. The molecule has 1 aromatic rings. The summed E-state index contributed by atoms with van der Waals surface area (Å²) in [5.41, 5.74) is 1.78. The number of carboxylic acids is 1. The lowest BCUT2D eigenvalue weighted by atomic mass is 9.79. The fraction of sp³-hybridized carbons (Fsp3) is 0.462. The predicted octanol–water partition coefficient (Wildman–Crippen LogP) is 3.10. The fourth-order valence-electron chi connectivity index (χ4n) is 3.24. The van der Waals surface area contributed by atoms with Crippen LogP contribution in [0.15, 0.2) is 18.2 Å². The monoisotopic (exact) mass is 251 g/mol. The standard InChI is InChI=1S/C13H14ClNO2/c14-7-4-5-11-9(6-7)12(13(16)17)8-2-1-3-10(8)15-11/h4-6,8,10,12,15H,1-3H2,(H,16,17). The molecule has 3 rings (SSSR count). The van der Waals surface area contributed by atoms with E-state index in [1.165, 1.54) is 0 Å². The number of halogens is 1. The van der Waals surface area contributed by atoms with E-state index in [2.05, 4.69) is 5.32 Å². The Hall–Kier alpha value is -1.22. The summed E-state index contributed by atoms with van der Waals surface area (Å²) in [5.74, 6) is -0.928. The second-order valence-electron chi connectivity index (χ2n) is 4.89. The minimum absolute atomic E-state index is 0.207. The van der Waals surface area contributed by atoms with E-state index in [-0.39, 0.29) is 5.92 Å². The number of carboxylic acid groups (broad SMARTS) is 1. The van der Waals surface area contributed by atoms with Gasteiger partial charge < -0.3 is 10.4 Å². The summed E-state index contributed by atoms with van der Waals surface area (Å²) in [4.78, 5) is 11.5. The number of hydrogen-bond donors (Lipinski definition) is 2. The number of rotatable bonds is 1. The molecule has 3 unspecified atom stereocenters. The molecule has 1 aliphatic heterocycles. The average molecular weight is 252 g/mol. The van der Waals surface area contributed by atoms with Crippen LogP contribution in [0, 0.1) is 5.92 Å². The van der Waals surface area contributed by atoms with Gasteiger partial charge in [-0.25, -0.2) is 0 Å². The highest BCUT2D eigenvalue weighted by atomic mass is 35.5. The van der Waals surface area contributed by atoms with Crippen molar-refractivity contribution in [2.45, 2.75) is 31.2 Å². The Balaban J connectivity index is 2.10. The molecule has 0 saturated heterocycles. The van der Waals surface area contributed by atoms with Crippen LogP contribution in [-0.2, 0) is 4.79 Å². The van der Waals surface area contributed by atoms with Crippen LogP contribution in [0.1, 0.15) is 30.7 Å². The first-order chi connectivity index (χ1) is 8.16. The molecule has 0 radical (unpaired) electrons. The van der Waals surface area contributed by atoms with E-state index in [0.29, 0.717) is 11.1 Å². The molecule has 3 nitrogen and oxygen atoms in total. The zero-order valence-electron chi connectivity index (χ0n) is 9.32. The third kappa shape index (κ3) is 1.69. The van der Waals surface area contributed by atoms with Crippen LogP contribution < -0.4 is 5.32 Å². The predicted molar refractivity (Wildman–Crippen MR) is 66.6 cm³/mol. The molecule has 0 aromatic heterocycles. The van der Waals surface area contributed by atoms with Gasteiger partial charge in [-0.2, -0.15) is 0 Å². The van der Waals surface area contributed by atoms with E-state index in [1.54, 1.807) is 6.07 Å². The fourth-order valence-corrected chi connectivity index (χ4v) is 3.42. The van der Waals surface area contributed by atoms with E-state index in [9.17, 15) is 9.90 Å². The molecule has 1 heterocycles. The number of hydrogen-bond acceptors (Lipinski definition) is 2. The number of fused-ring (bicyclic) bond motifs is 2. The summed E-state index contributed by atoms with van der Waals surface area (Å²) in [5, 5.41) is 13.5. The number of benzene rings is 1. The van der Waals surface area contributed by atoms with Gasteiger partial charge in [0.2, 0.25) is 0 Å². The van der Waals surface area contributed by atoms with E-state index >= 15 is 0 Å². The summed E-state index contributed by atoms with van der Waals surface area (Å²) in [6.07, 6.45) is 3.16. The molecular weight excluding hydrogens is 238 g/mol. The van der Waals surface area contributed by atoms with Crippen molar-refractivity contribution in [2.75, 3.05) is 5.32 Å². The van der Waals surface area contributed by atoms with Crippen molar-refractivity contribution >= 4 is 23.3 Å². The van der Waals surface area contributed by atoms with Crippen LogP contribution >= 0.6 is 11.6 Å². The highest BCUT2D eigenvalue weighted by Gasteiger charge is 2.43. The lowest BCUT2D eigenvalue weighted by Gasteiger charge is -2.35. The molecule has 1 aliphatic carbocycles. The third-order valence-corrected chi connectivity index (χ3v) is 4.19. The quantitative estimate of drug-likeness (QED) is 0.806. The Morgan fingerprint density at radius 2 is 2.24 bits per heavy atom. The van der Waals surface area contributed by atoms with Gasteiger partial charge in [-0.15, -0.1) is 0 Å². The SMILES string of the molecule is O=C(O)C1c2cc(Cl)ccc2NC2CCCC21. The molecule has 4 heteroatoms. The van der Waals surface area contributed by atoms with Crippen LogP contribution in [0.2, 0.25) is 5.02 Å². The average Bonchev–Trinajstić information content (AvgIpc) is 2.72. The van der Waals surface area contributed by atoms with Gasteiger partial charge in [-0.3, -0.25) is 4.79 Å². The van der Waals surface area contributed by atoms with Gasteiger partial charge in [-0.1, -0.05) is 18.0 Å². The number of carbonyl (C=O) groups is 1. The first-order valence-corrected chi connectivity index (χ1v) is 6.33. The zero-order chi connectivity index (χ0) is 12.0. The van der Waals surface area contributed by atoms with Crippen LogP contribution in [-0.4, -0.2) is 17.1 Å². The molecule has 3 atom stereocenters. The summed E-state index contributed by atoms with van der Waals surface area (Å²) in [6, 6.07) is 5.80. The first kappa shape index (κ1) is 10.9. The molecule has 1 saturated carbocycles. The number of anilines is 1. The van der Waals surface area contributed by atoms with Gasteiger partial charge in [0.15, 0.2) is 0 Å². The van der Waals surface area contributed by atoms with E-state index < -0.39 is 11.9 Å². The summed E-state index contributed by atoms with van der Waals surface area (Å²) < 4.78 is 0. The summed E-state index contributed by atoms with van der Waals surface area (Å²) in [7, 11) is 0. The largest absolute Gasteiger partial charge is 0.481 e. The van der Waals surface area contributed by atoms with Gasteiger partial charge in [0, 0.05) is 16.8 Å². The molecule has 2 N–H and O–H groups in total. The van der Waals surface area contributed by atoms with Crippen LogP contribution in [0.4, 0.5) is 5.69 Å². The van der Waals surface area contributed by atoms with Crippen LogP contribution in [0.5, 0.6) is 0 Å². The summed E-state index contributed by atoms with van der Waals surface area (Å²) >= 11 is 5.97. The Morgan fingerprint density at radius 3 is 3.00 bits per heavy atom. The van der Waals surface area contributed by atoms with Crippen molar-refractivity contribution < 1.29 is 9.90 Å². The highest BCUT2D eigenvalue weighted by Crippen LogP contribution is 2.46. The molecule has 0 amide bonds. The molecule has 90 valence electrons. The van der Waals surface area contributed by atoms with Crippen LogP contribution in [0.25, 0.3) is 0 Å². The van der Waals surface area contributed by atoms with Crippen molar-refractivity contribution in [3.63, 3.8) is 0 Å². The van der Waals surface area contributed by atoms with Gasteiger partial charge >= 0.3 is 5.97 Å². The maximum absolute atomic E-state index is 11.5. The smallest absolute Gasteiger partial charge is 0.311 e. The van der Waals surface area contributed by atoms with Crippen molar-refractivity contribution in [3.05, 3.63) is 28.8 Å². The van der Waals surface area contributed by atoms with Crippen molar-refractivity contribution in [1.29, 1.82) is 0 Å². The Bertz CT molecular complexity index is 474. The lowest BCUT2D eigenvalue weighted by Crippen LogP contribution is -2.37. The second-order valence-corrected chi connectivity index (χ2v) is 5.33. The van der Waals surface area contributed by atoms with Crippen molar-refractivity contribution in [2.24, 2.45) is 5.92 Å². The van der Waals surface area contributed by atoms with E-state index in [0.717, 1.165) is 30.5 Å². The lowest BCUT2D eigenvalue weighted by molar-refractivity contribution is -0.140. The molecule has 17 heavy (non-hydrogen) atoms. The minimum atomic E-state index is -0.730. The third-order valence-electron chi connectivity index (χ3n) is 3.95. The van der Waals surface area contributed by atoms with Crippen molar-refractivity contribution in [1.82, 2.24) is 0 Å². The molecule has 2 aliphatic rings. The summed E-state index contributed by atoms with van der Waals surface area (Å²) in [6.45, 7) is 0. The van der Waals surface area contributed by atoms with E-state index in [4.69, 9.17) is 11.6 Å². The normalized spacial score (nSPS) is 30.3. The topological polar surface area (TPSA) is 49.3 Å². The van der Waals surface area contributed by atoms with Gasteiger partial charge in [0.1, 0.15) is 0 Å². The molecule has 1 aromatic carbocycles. The minimum Gasteiger partial charge on any atom is -0.481 e. The maximum atomic E-state index is 11.5. The number of nitrogens with one attached hydrogen (secondary N) is 1. The Labute approximate surface area is 105 Å². The zero-order valence-corrected chi connectivity index (χ0v) is 10.1. The Morgan fingerprint density at radius 1 is 1.41 bits per heavy atom. The van der Waals surface area contributed by atoms with Gasteiger partial charge in [0.25, 0.3) is 0 Å². The molecule has 1 fully saturated rings. The van der Waals surface area contributed by atoms with Gasteiger partial charge in [0.05, 0.1) is 5.92 Å². The molecular formula is C13H14ClNO2.